The monoisotopic (exact) mass is 496 g/mol. The molecule has 1 heterocycles. The lowest BCUT2D eigenvalue weighted by Gasteiger charge is -2.40. The van der Waals surface area contributed by atoms with Crippen molar-refractivity contribution in [2.24, 2.45) is 0 Å². The number of hydrogen-bond acceptors (Lipinski definition) is 5. The van der Waals surface area contributed by atoms with Gasteiger partial charge in [0.1, 0.15) is 17.8 Å². The van der Waals surface area contributed by atoms with Crippen LogP contribution in [0.15, 0.2) is 121 Å². The highest BCUT2D eigenvalue weighted by Gasteiger charge is 2.42. The Labute approximate surface area is 217 Å². The Hall–Kier alpha value is -3.32. The Kier molecular flexibility index (Phi) is 8.09. The van der Waals surface area contributed by atoms with E-state index in [1.54, 1.807) is 0 Å². The van der Waals surface area contributed by atoms with E-state index in [0.717, 1.165) is 22.3 Å². The molecule has 0 bridgehead atoms. The van der Waals surface area contributed by atoms with E-state index in [2.05, 4.69) is 0 Å². The number of hydrogen-bond donors (Lipinski definition) is 2. The van der Waals surface area contributed by atoms with Gasteiger partial charge >= 0.3 is 0 Å². The van der Waals surface area contributed by atoms with Crippen molar-refractivity contribution >= 4 is 0 Å². The second-order valence-corrected chi connectivity index (χ2v) is 9.29. The van der Waals surface area contributed by atoms with E-state index in [4.69, 9.17) is 14.2 Å². The highest BCUT2D eigenvalue weighted by molar-refractivity contribution is 5.47. The van der Waals surface area contributed by atoms with Gasteiger partial charge in [0.05, 0.1) is 19.3 Å². The first-order valence-electron chi connectivity index (χ1n) is 12.6. The van der Waals surface area contributed by atoms with Crippen molar-refractivity contribution < 1.29 is 24.4 Å². The van der Waals surface area contributed by atoms with E-state index in [-0.39, 0.29) is 13.0 Å². The molecule has 1 aliphatic rings. The summed E-state index contributed by atoms with van der Waals surface area (Å²) in [6.07, 6.45) is -3.13. The number of benzene rings is 4. The fourth-order valence-corrected chi connectivity index (χ4v) is 4.92. The van der Waals surface area contributed by atoms with Gasteiger partial charge in [-0.1, -0.05) is 121 Å². The highest BCUT2D eigenvalue weighted by Crippen LogP contribution is 2.41. The Balaban J connectivity index is 1.38. The van der Waals surface area contributed by atoms with Gasteiger partial charge in [0.25, 0.3) is 0 Å². The molecule has 37 heavy (non-hydrogen) atoms. The fourth-order valence-electron chi connectivity index (χ4n) is 4.92. The van der Waals surface area contributed by atoms with E-state index in [0.29, 0.717) is 6.61 Å². The number of aliphatic hydroxyl groups excluding tert-OH is 2. The zero-order valence-corrected chi connectivity index (χ0v) is 20.6. The zero-order chi connectivity index (χ0) is 25.5. The molecule has 0 aliphatic carbocycles. The smallest absolute Gasteiger partial charge is 0.181 e. The van der Waals surface area contributed by atoms with Crippen molar-refractivity contribution in [1.82, 2.24) is 0 Å². The maximum atomic E-state index is 11.0. The standard InChI is InChI=1S/C32H32O5/c33-28-21-29(35-22-24-13-5-1-6-14-24)31(34)37-30(28)23-36-32(25-15-7-2-8-16-25,26-17-9-3-10-18-26)27-19-11-4-12-20-27/h1-20,28-31,33-34H,21-23H2/t28-,29+,30+,31-/m0/s1. The minimum atomic E-state index is -1.17. The molecule has 0 radical (unpaired) electrons. The summed E-state index contributed by atoms with van der Waals surface area (Å²) in [5, 5.41) is 21.7. The molecule has 0 saturated carbocycles. The summed E-state index contributed by atoms with van der Waals surface area (Å²) in [6.45, 7) is 0.404. The van der Waals surface area contributed by atoms with Crippen LogP contribution in [0.3, 0.4) is 0 Å². The second-order valence-electron chi connectivity index (χ2n) is 9.29. The van der Waals surface area contributed by atoms with Gasteiger partial charge in [0, 0.05) is 6.42 Å². The van der Waals surface area contributed by atoms with Gasteiger partial charge in [-0.2, -0.15) is 0 Å². The topological polar surface area (TPSA) is 68.2 Å². The number of ether oxygens (including phenoxy) is 3. The summed E-state index contributed by atoms with van der Waals surface area (Å²) >= 11 is 0. The van der Waals surface area contributed by atoms with Crippen LogP contribution in [0.5, 0.6) is 0 Å². The van der Waals surface area contributed by atoms with Crippen LogP contribution in [0, 0.1) is 0 Å². The average Bonchev–Trinajstić information content (AvgIpc) is 2.96. The van der Waals surface area contributed by atoms with Gasteiger partial charge in [-0.25, -0.2) is 0 Å². The first kappa shape index (κ1) is 25.3. The largest absolute Gasteiger partial charge is 0.390 e. The van der Waals surface area contributed by atoms with Crippen molar-refractivity contribution in [3.8, 4) is 0 Å². The average molecular weight is 497 g/mol. The third-order valence-corrected chi connectivity index (χ3v) is 6.85. The second kappa shape index (κ2) is 11.8. The van der Waals surface area contributed by atoms with Crippen molar-refractivity contribution in [3.63, 3.8) is 0 Å². The predicted molar refractivity (Wildman–Crippen MR) is 142 cm³/mol. The van der Waals surface area contributed by atoms with Crippen LogP contribution in [0.25, 0.3) is 0 Å². The third kappa shape index (κ3) is 5.67. The molecule has 2 N–H and O–H groups in total. The lowest BCUT2D eigenvalue weighted by Crippen LogP contribution is -2.51. The normalized spacial score (nSPS) is 22.0. The quantitative estimate of drug-likeness (QED) is 0.318. The Morgan fingerprint density at radius 3 is 1.62 bits per heavy atom. The predicted octanol–water partition coefficient (Wildman–Crippen LogP) is 5.05. The molecule has 1 saturated heterocycles. The number of aliphatic hydroxyl groups is 2. The summed E-state index contributed by atoms with van der Waals surface area (Å²) < 4.78 is 18.5. The van der Waals surface area contributed by atoms with E-state index < -0.39 is 30.2 Å². The molecule has 5 heteroatoms. The molecule has 5 nitrogen and oxygen atoms in total. The van der Waals surface area contributed by atoms with Gasteiger partial charge < -0.3 is 24.4 Å². The van der Waals surface area contributed by atoms with Crippen molar-refractivity contribution in [2.45, 2.75) is 43.2 Å². The minimum absolute atomic E-state index is 0.0717. The summed E-state index contributed by atoms with van der Waals surface area (Å²) in [7, 11) is 0. The van der Waals surface area contributed by atoms with E-state index >= 15 is 0 Å². The molecule has 4 aromatic rings. The van der Waals surface area contributed by atoms with E-state index in [1.165, 1.54) is 0 Å². The maximum Gasteiger partial charge on any atom is 0.181 e. The van der Waals surface area contributed by atoms with Crippen molar-refractivity contribution in [3.05, 3.63) is 144 Å². The molecule has 4 atom stereocenters. The Morgan fingerprint density at radius 1 is 0.676 bits per heavy atom. The van der Waals surface area contributed by atoms with E-state index in [9.17, 15) is 10.2 Å². The van der Waals surface area contributed by atoms with E-state index in [1.807, 2.05) is 121 Å². The molecule has 0 spiro atoms. The molecule has 4 aromatic carbocycles. The van der Waals surface area contributed by atoms with Gasteiger partial charge in [-0.15, -0.1) is 0 Å². The van der Waals surface area contributed by atoms with Gasteiger partial charge in [-0.3, -0.25) is 0 Å². The maximum absolute atomic E-state index is 11.0. The molecule has 190 valence electrons. The fraction of sp³-hybridized carbons (Fsp3) is 0.250. The summed E-state index contributed by atoms with van der Waals surface area (Å²) in [4.78, 5) is 0. The van der Waals surface area contributed by atoms with Crippen LogP contribution in [0.4, 0.5) is 0 Å². The SMILES string of the molecule is O[C@H]1C[C@@H](OCc2ccccc2)[C@@H](O)O[C@@H]1COC(c1ccccc1)(c1ccccc1)c1ccccc1. The first-order chi connectivity index (χ1) is 18.2. The molecular weight excluding hydrogens is 464 g/mol. The van der Waals surface area contributed by atoms with Crippen molar-refractivity contribution in [2.75, 3.05) is 6.61 Å². The molecule has 1 aliphatic heterocycles. The van der Waals surface area contributed by atoms with Gasteiger partial charge in [-0.05, 0) is 22.3 Å². The molecular formula is C32H32O5. The summed E-state index contributed by atoms with van der Waals surface area (Å²) in [5.74, 6) is 0. The Morgan fingerprint density at radius 2 is 1.14 bits per heavy atom. The van der Waals surface area contributed by atoms with Crippen LogP contribution in [0.1, 0.15) is 28.7 Å². The lowest BCUT2D eigenvalue weighted by atomic mass is 9.80. The first-order valence-corrected chi connectivity index (χ1v) is 12.6. The molecule has 0 amide bonds. The highest BCUT2D eigenvalue weighted by atomic mass is 16.7. The summed E-state index contributed by atoms with van der Waals surface area (Å²) in [5.41, 5.74) is 2.94. The third-order valence-electron chi connectivity index (χ3n) is 6.85. The van der Waals surface area contributed by atoms with Gasteiger partial charge in [0.2, 0.25) is 0 Å². The lowest BCUT2D eigenvalue weighted by molar-refractivity contribution is -0.269. The van der Waals surface area contributed by atoms with Crippen molar-refractivity contribution in [1.29, 1.82) is 0 Å². The van der Waals surface area contributed by atoms with Crippen LogP contribution < -0.4 is 0 Å². The molecule has 0 unspecified atom stereocenters. The molecule has 5 rings (SSSR count). The summed E-state index contributed by atoms with van der Waals surface area (Å²) in [6, 6.07) is 39.9. The molecule has 0 aromatic heterocycles. The molecule has 1 fully saturated rings. The van der Waals surface area contributed by atoms with Crippen LogP contribution in [-0.4, -0.2) is 41.4 Å². The van der Waals surface area contributed by atoms with Crippen LogP contribution in [0.2, 0.25) is 0 Å². The van der Waals surface area contributed by atoms with Crippen LogP contribution >= 0.6 is 0 Å². The number of rotatable bonds is 9. The zero-order valence-electron chi connectivity index (χ0n) is 20.6. The van der Waals surface area contributed by atoms with Gasteiger partial charge in [0.15, 0.2) is 6.29 Å². The minimum Gasteiger partial charge on any atom is -0.390 e. The Bertz CT molecular complexity index is 1120. The van der Waals surface area contributed by atoms with Crippen LogP contribution in [-0.2, 0) is 26.4 Å².